The molecule has 0 atom stereocenters. The highest BCUT2D eigenvalue weighted by Crippen LogP contribution is 2.15. The van der Waals surface area contributed by atoms with E-state index in [0.717, 1.165) is 10.2 Å². The van der Waals surface area contributed by atoms with E-state index < -0.39 is 5.91 Å². The summed E-state index contributed by atoms with van der Waals surface area (Å²) in [5.74, 6) is -0.453. The summed E-state index contributed by atoms with van der Waals surface area (Å²) in [7, 11) is 1.90. The average Bonchev–Trinajstić information content (AvgIpc) is 3.03. The molecular weight excluding hydrogens is 362 g/mol. The number of thiazole rings is 1. The molecule has 136 valence electrons. The number of aryl methyl sites for hydroxylation is 2. The maximum atomic E-state index is 12.8. The van der Waals surface area contributed by atoms with E-state index in [1.807, 2.05) is 42.8 Å². The number of amides is 1. The molecule has 0 saturated heterocycles. The van der Waals surface area contributed by atoms with Crippen molar-refractivity contribution in [3.8, 4) is 0 Å². The smallest absolute Gasteiger partial charge is 0.292 e. The number of hydrogen-bond acceptors (Lipinski definition) is 5. The highest BCUT2D eigenvalue weighted by atomic mass is 32.1. The molecule has 27 heavy (non-hydrogen) atoms. The van der Waals surface area contributed by atoms with Crippen molar-refractivity contribution < 1.29 is 4.79 Å². The molecule has 0 fully saturated rings. The molecule has 1 amide bonds. The molecular formula is C19H17N5O2S. The van der Waals surface area contributed by atoms with Crippen LogP contribution in [0.3, 0.4) is 0 Å². The summed E-state index contributed by atoms with van der Waals surface area (Å²) in [6, 6.07) is 14.9. The van der Waals surface area contributed by atoms with Crippen molar-refractivity contribution in [3.05, 3.63) is 69.4 Å². The van der Waals surface area contributed by atoms with Gasteiger partial charge >= 0.3 is 0 Å². The number of para-hydroxylation sites is 1. The van der Waals surface area contributed by atoms with Gasteiger partial charge < -0.3 is 4.57 Å². The quantitative estimate of drug-likeness (QED) is 0.554. The van der Waals surface area contributed by atoms with Gasteiger partial charge in [0.15, 0.2) is 5.69 Å². The first-order valence-electron chi connectivity index (χ1n) is 8.48. The van der Waals surface area contributed by atoms with Gasteiger partial charge in [0, 0.05) is 19.0 Å². The highest BCUT2D eigenvalue weighted by molar-refractivity contribution is 7.16. The zero-order valence-corrected chi connectivity index (χ0v) is 15.7. The second kappa shape index (κ2) is 6.81. The van der Waals surface area contributed by atoms with Crippen molar-refractivity contribution in [3.63, 3.8) is 0 Å². The lowest BCUT2D eigenvalue weighted by Gasteiger charge is -2.08. The van der Waals surface area contributed by atoms with Crippen LogP contribution >= 0.6 is 11.3 Å². The van der Waals surface area contributed by atoms with E-state index in [0.29, 0.717) is 22.1 Å². The first kappa shape index (κ1) is 17.2. The summed E-state index contributed by atoms with van der Waals surface area (Å²) in [6.45, 7) is 2.19. The van der Waals surface area contributed by atoms with Crippen molar-refractivity contribution >= 4 is 38.2 Å². The first-order chi connectivity index (χ1) is 13.1. The van der Waals surface area contributed by atoms with Crippen LogP contribution in [0.5, 0.6) is 0 Å². The van der Waals surface area contributed by atoms with Gasteiger partial charge in [0.1, 0.15) is 0 Å². The van der Waals surface area contributed by atoms with Crippen molar-refractivity contribution in [2.24, 2.45) is 12.1 Å². The van der Waals surface area contributed by atoms with E-state index in [1.54, 1.807) is 24.3 Å². The number of benzene rings is 2. The van der Waals surface area contributed by atoms with Gasteiger partial charge in [-0.3, -0.25) is 9.59 Å². The van der Waals surface area contributed by atoms with Crippen LogP contribution in [0, 0.1) is 0 Å². The molecule has 8 heteroatoms. The van der Waals surface area contributed by atoms with E-state index in [-0.39, 0.29) is 11.3 Å². The van der Waals surface area contributed by atoms with Crippen LogP contribution in [0.2, 0.25) is 0 Å². The fourth-order valence-electron chi connectivity index (χ4n) is 2.96. The molecule has 2 heterocycles. The van der Waals surface area contributed by atoms with Crippen LogP contribution in [-0.2, 0) is 13.6 Å². The van der Waals surface area contributed by atoms with Crippen LogP contribution in [-0.4, -0.2) is 20.3 Å². The van der Waals surface area contributed by atoms with Gasteiger partial charge in [-0.15, -0.1) is 5.10 Å². The molecule has 7 nitrogen and oxygen atoms in total. The van der Waals surface area contributed by atoms with Gasteiger partial charge in [0.05, 0.1) is 15.6 Å². The van der Waals surface area contributed by atoms with E-state index in [9.17, 15) is 9.59 Å². The number of fused-ring (bicyclic) bond motifs is 2. The lowest BCUT2D eigenvalue weighted by molar-refractivity contribution is 0.0947. The largest absolute Gasteiger partial charge is 0.318 e. The Morgan fingerprint density at radius 2 is 1.85 bits per heavy atom. The third-order valence-electron chi connectivity index (χ3n) is 4.35. The minimum absolute atomic E-state index is 0.180. The second-order valence-electron chi connectivity index (χ2n) is 5.98. The number of aromatic nitrogens is 3. The Morgan fingerprint density at radius 1 is 1.15 bits per heavy atom. The molecule has 0 radical (unpaired) electrons. The summed E-state index contributed by atoms with van der Waals surface area (Å²) < 4.78 is 4.28. The van der Waals surface area contributed by atoms with Crippen LogP contribution in [0.1, 0.15) is 17.4 Å². The molecule has 4 aromatic rings. The molecule has 0 aliphatic rings. The predicted molar refractivity (Wildman–Crippen MR) is 106 cm³/mol. The average molecular weight is 379 g/mol. The Morgan fingerprint density at radius 3 is 2.59 bits per heavy atom. The molecule has 0 spiro atoms. The normalized spacial score (nSPS) is 12.0. The molecule has 0 saturated carbocycles. The van der Waals surface area contributed by atoms with E-state index in [1.165, 1.54) is 16.0 Å². The molecule has 2 aromatic carbocycles. The standard InChI is InChI=1S/C19H17N5O2S/c1-3-24-18(26)13-9-5-4-8-12(13)16(22-24)17(25)20-21-19-23(2)14-10-6-7-11-15(14)27-19/h4-11H,3H2,1-2H3,(H,20,25)/b21-19-. The molecule has 1 N–H and O–H groups in total. The van der Waals surface area contributed by atoms with E-state index in [2.05, 4.69) is 15.6 Å². The highest BCUT2D eigenvalue weighted by Gasteiger charge is 2.16. The Bertz CT molecular complexity index is 1300. The van der Waals surface area contributed by atoms with Crippen molar-refractivity contribution in [1.29, 1.82) is 0 Å². The number of carbonyl (C=O) groups excluding carboxylic acids is 1. The molecule has 0 unspecified atom stereocenters. The van der Waals surface area contributed by atoms with Crippen LogP contribution in [0.4, 0.5) is 0 Å². The van der Waals surface area contributed by atoms with E-state index >= 15 is 0 Å². The fourth-order valence-corrected chi connectivity index (χ4v) is 3.94. The summed E-state index contributed by atoms with van der Waals surface area (Å²) in [5.41, 5.74) is 3.59. The van der Waals surface area contributed by atoms with Gasteiger partial charge in [0.2, 0.25) is 4.80 Å². The minimum atomic E-state index is -0.453. The molecule has 2 aromatic heterocycles. The number of nitrogens with zero attached hydrogens (tertiary/aromatic N) is 4. The Hall–Kier alpha value is -3.26. The Labute approximate surface area is 158 Å². The van der Waals surface area contributed by atoms with E-state index in [4.69, 9.17) is 0 Å². The number of carbonyl (C=O) groups is 1. The van der Waals surface area contributed by atoms with Crippen molar-refractivity contribution in [2.75, 3.05) is 0 Å². The molecule has 4 rings (SSSR count). The Kier molecular flexibility index (Phi) is 4.33. The summed E-state index contributed by atoms with van der Waals surface area (Å²) in [4.78, 5) is 25.8. The number of nitrogens with one attached hydrogen (secondary N) is 1. The fraction of sp³-hybridized carbons (Fsp3) is 0.158. The van der Waals surface area contributed by atoms with Crippen molar-refractivity contribution in [1.82, 2.24) is 19.8 Å². The SMILES string of the molecule is CCn1nc(C(=O)N/N=c2\sc3ccccc3n2C)c2ccccc2c1=O. The topological polar surface area (TPSA) is 81.3 Å². The molecule has 0 bridgehead atoms. The van der Waals surface area contributed by atoms with Gasteiger partial charge in [-0.25, -0.2) is 10.1 Å². The molecule has 0 aliphatic heterocycles. The number of rotatable bonds is 3. The number of hydrogen-bond donors (Lipinski definition) is 1. The van der Waals surface area contributed by atoms with Crippen LogP contribution in [0.15, 0.2) is 58.4 Å². The summed E-state index contributed by atoms with van der Waals surface area (Å²) in [5, 5.41) is 9.46. The third kappa shape index (κ3) is 2.93. The van der Waals surface area contributed by atoms with Gasteiger partial charge in [-0.2, -0.15) is 5.10 Å². The lowest BCUT2D eigenvalue weighted by Crippen LogP contribution is -2.29. The van der Waals surface area contributed by atoms with Gasteiger partial charge in [-0.05, 0) is 25.1 Å². The van der Waals surface area contributed by atoms with Crippen molar-refractivity contribution in [2.45, 2.75) is 13.5 Å². The monoisotopic (exact) mass is 379 g/mol. The third-order valence-corrected chi connectivity index (χ3v) is 5.46. The second-order valence-corrected chi connectivity index (χ2v) is 6.99. The maximum absolute atomic E-state index is 12.8. The maximum Gasteiger partial charge on any atom is 0.292 e. The van der Waals surface area contributed by atoms with Crippen LogP contribution < -0.4 is 15.8 Å². The predicted octanol–water partition coefficient (Wildman–Crippen LogP) is 2.22. The van der Waals surface area contributed by atoms with Gasteiger partial charge in [-0.1, -0.05) is 41.7 Å². The first-order valence-corrected chi connectivity index (χ1v) is 9.30. The molecule has 0 aliphatic carbocycles. The van der Waals surface area contributed by atoms with Crippen LogP contribution in [0.25, 0.3) is 21.0 Å². The lowest BCUT2D eigenvalue weighted by atomic mass is 10.1. The summed E-state index contributed by atoms with van der Waals surface area (Å²) in [6.07, 6.45) is 0. The Balaban J connectivity index is 1.78. The zero-order valence-electron chi connectivity index (χ0n) is 14.8. The minimum Gasteiger partial charge on any atom is -0.318 e. The van der Waals surface area contributed by atoms with Gasteiger partial charge in [0.25, 0.3) is 11.5 Å². The summed E-state index contributed by atoms with van der Waals surface area (Å²) >= 11 is 1.48. The zero-order chi connectivity index (χ0) is 19.0.